The number of halogens is 3. The Morgan fingerprint density at radius 1 is 1.00 bits per heavy atom. The van der Waals surface area contributed by atoms with Crippen molar-refractivity contribution in [2.75, 3.05) is 5.32 Å². The van der Waals surface area contributed by atoms with E-state index >= 15 is 0 Å². The van der Waals surface area contributed by atoms with Crippen LogP contribution in [-0.4, -0.2) is 30.4 Å². The highest BCUT2D eigenvalue weighted by Gasteiger charge is 2.36. The number of rotatable bonds is 7. The number of anilines is 1. The van der Waals surface area contributed by atoms with Crippen LogP contribution in [0.4, 0.5) is 24.5 Å². The average Bonchev–Trinajstić information content (AvgIpc) is 3.36. The quantitative estimate of drug-likeness (QED) is 0.161. The van der Waals surface area contributed by atoms with Gasteiger partial charge in [0.1, 0.15) is 11.5 Å². The van der Waals surface area contributed by atoms with Gasteiger partial charge in [0.05, 0.1) is 22.4 Å². The van der Waals surface area contributed by atoms with Crippen molar-refractivity contribution in [2.24, 2.45) is 0 Å². The van der Waals surface area contributed by atoms with E-state index in [1.165, 1.54) is 12.1 Å². The molecule has 214 valence electrons. The molecule has 0 aliphatic heterocycles. The lowest BCUT2D eigenvalue weighted by Crippen LogP contribution is -2.16. The van der Waals surface area contributed by atoms with Gasteiger partial charge in [-0.1, -0.05) is 50.2 Å². The number of benzene rings is 3. The van der Waals surface area contributed by atoms with Gasteiger partial charge in [-0.2, -0.15) is 22.7 Å². The predicted molar refractivity (Wildman–Crippen MR) is 148 cm³/mol. The number of nitrogens with zero attached hydrogens (tertiary/aromatic N) is 5. The van der Waals surface area contributed by atoms with Crippen molar-refractivity contribution in [2.45, 2.75) is 32.9 Å². The third-order valence-electron chi connectivity index (χ3n) is 6.21. The molecular formula is C29H23F3N6O4. The molecule has 0 aliphatic rings. The van der Waals surface area contributed by atoms with Gasteiger partial charge in [-0.3, -0.25) is 14.9 Å². The van der Waals surface area contributed by atoms with Gasteiger partial charge in [0.15, 0.2) is 5.69 Å². The number of hydrogen-bond donors (Lipinski definition) is 1. The van der Waals surface area contributed by atoms with E-state index in [1.54, 1.807) is 36.4 Å². The lowest BCUT2D eigenvalue weighted by atomic mass is 10.0. The summed E-state index contributed by atoms with van der Waals surface area (Å²) in [6.07, 6.45) is -4.83. The highest BCUT2D eigenvalue weighted by atomic mass is 19.4. The topological polar surface area (TPSA) is 125 Å². The molecule has 0 saturated heterocycles. The van der Waals surface area contributed by atoms with Crippen molar-refractivity contribution in [1.82, 2.24) is 19.6 Å². The molecule has 0 spiro atoms. The number of aromatic nitrogens is 4. The molecular weight excluding hydrogens is 553 g/mol. The summed E-state index contributed by atoms with van der Waals surface area (Å²) in [5.41, 5.74) is 0.733. The van der Waals surface area contributed by atoms with E-state index in [2.05, 4.69) is 20.4 Å². The van der Waals surface area contributed by atoms with E-state index in [0.717, 1.165) is 23.3 Å². The van der Waals surface area contributed by atoms with Gasteiger partial charge >= 0.3 is 6.18 Å². The number of ether oxygens (including phenoxy) is 1. The zero-order valence-corrected chi connectivity index (χ0v) is 22.5. The SMILES string of the molecule is Cc1cc(Oc2cc(NC(=O)c3nc4nc(-c5ccccc5)cc(C(F)(F)F)n4n3)cc([N+](=O)[O-])c2)cc(C(C)C)c1. The summed E-state index contributed by atoms with van der Waals surface area (Å²) in [5.74, 6) is -1.35. The minimum absolute atomic E-state index is 0.00738. The molecule has 0 aliphatic carbocycles. The lowest BCUT2D eigenvalue weighted by molar-refractivity contribution is -0.384. The first-order valence-corrected chi connectivity index (χ1v) is 12.7. The first kappa shape index (κ1) is 28.2. The number of carbonyl (C=O) groups excluding carboxylic acids is 1. The molecule has 3 aromatic carbocycles. The Bertz CT molecular complexity index is 1820. The van der Waals surface area contributed by atoms with Crippen LogP contribution >= 0.6 is 0 Å². The molecule has 13 heteroatoms. The zero-order chi connectivity index (χ0) is 30.2. The van der Waals surface area contributed by atoms with E-state index in [-0.39, 0.29) is 28.7 Å². The fourth-order valence-electron chi connectivity index (χ4n) is 4.24. The van der Waals surface area contributed by atoms with Crippen molar-refractivity contribution >= 4 is 23.1 Å². The Hall–Kier alpha value is -5.33. The Morgan fingerprint density at radius 3 is 2.38 bits per heavy atom. The zero-order valence-electron chi connectivity index (χ0n) is 22.5. The number of alkyl halides is 3. The molecule has 1 N–H and O–H groups in total. The molecule has 2 heterocycles. The average molecular weight is 577 g/mol. The van der Waals surface area contributed by atoms with Crippen LogP contribution in [0, 0.1) is 17.0 Å². The van der Waals surface area contributed by atoms with Crippen molar-refractivity contribution in [3.05, 3.63) is 106 Å². The fourth-order valence-corrected chi connectivity index (χ4v) is 4.24. The summed E-state index contributed by atoms with van der Waals surface area (Å²) in [5, 5.41) is 17.8. The molecule has 42 heavy (non-hydrogen) atoms. The van der Waals surface area contributed by atoms with Gasteiger partial charge in [0, 0.05) is 17.7 Å². The second-order valence-corrected chi connectivity index (χ2v) is 9.80. The first-order chi connectivity index (χ1) is 19.9. The van der Waals surface area contributed by atoms with Crippen LogP contribution in [0.3, 0.4) is 0 Å². The third-order valence-corrected chi connectivity index (χ3v) is 6.21. The Labute approximate surface area is 237 Å². The smallest absolute Gasteiger partial charge is 0.433 e. The number of hydrogen-bond acceptors (Lipinski definition) is 7. The van der Waals surface area contributed by atoms with Crippen LogP contribution in [-0.2, 0) is 6.18 Å². The number of carbonyl (C=O) groups is 1. The maximum atomic E-state index is 13.9. The summed E-state index contributed by atoms with van der Waals surface area (Å²) >= 11 is 0. The van der Waals surface area contributed by atoms with Gasteiger partial charge in [-0.25, -0.2) is 4.98 Å². The van der Waals surface area contributed by atoms with Gasteiger partial charge < -0.3 is 10.1 Å². The summed E-state index contributed by atoms with van der Waals surface area (Å²) in [6.45, 7) is 5.92. The number of fused-ring (bicyclic) bond motifs is 1. The third kappa shape index (κ3) is 6.04. The highest BCUT2D eigenvalue weighted by Crippen LogP contribution is 2.33. The number of nitro benzene ring substituents is 1. The minimum atomic E-state index is -4.83. The number of non-ortho nitro benzene ring substituents is 1. The van der Waals surface area contributed by atoms with Crippen molar-refractivity contribution in [1.29, 1.82) is 0 Å². The molecule has 5 rings (SSSR count). The summed E-state index contributed by atoms with van der Waals surface area (Å²) < 4.78 is 48.1. The van der Waals surface area contributed by atoms with E-state index in [9.17, 15) is 28.1 Å². The maximum absolute atomic E-state index is 13.9. The second kappa shape index (κ2) is 10.9. The molecule has 0 fully saturated rings. The molecule has 0 radical (unpaired) electrons. The summed E-state index contributed by atoms with van der Waals surface area (Å²) in [6, 6.07) is 18.2. The van der Waals surface area contributed by atoms with Gasteiger partial charge in [0.25, 0.3) is 17.4 Å². The standard InChI is InChI=1S/C29H23F3N6O4/c1-16(2)19-9-17(3)10-22(11-19)42-23-13-20(12-21(14-23)38(40)41)33-27(39)26-35-28-34-24(18-7-5-4-6-8-18)15-25(29(30,31)32)37(28)36-26/h4-16H,1-3H3,(H,33,39). The second-order valence-electron chi connectivity index (χ2n) is 9.80. The fraction of sp³-hybridized carbons (Fsp3) is 0.172. The first-order valence-electron chi connectivity index (χ1n) is 12.7. The van der Waals surface area contributed by atoms with Crippen LogP contribution in [0.5, 0.6) is 11.5 Å². The molecule has 5 aromatic rings. The molecule has 2 aromatic heterocycles. The van der Waals surface area contributed by atoms with E-state index < -0.39 is 34.3 Å². The minimum Gasteiger partial charge on any atom is -0.457 e. The molecule has 0 saturated carbocycles. The molecule has 0 bridgehead atoms. The monoisotopic (exact) mass is 576 g/mol. The number of nitro groups is 1. The number of nitrogens with one attached hydrogen (secondary N) is 1. The predicted octanol–water partition coefficient (Wildman–Crippen LogP) is 7.19. The molecule has 10 nitrogen and oxygen atoms in total. The van der Waals surface area contributed by atoms with Crippen LogP contribution in [0.15, 0.2) is 72.8 Å². The normalized spacial score (nSPS) is 11.6. The number of amides is 1. The van der Waals surface area contributed by atoms with Gasteiger partial charge in [0.2, 0.25) is 5.82 Å². The Morgan fingerprint density at radius 2 is 1.71 bits per heavy atom. The van der Waals surface area contributed by atoms with Gasteiger partial charge in [-0.15, -0.1) is 5.10 Å². The van der Waals surface area contributed by atoms with E-state index in [4.69, 9.17) is 4.74 Å². The van der Waals surface area contributed by atoms with Crippen molar-refractivity contribution in [3.8, 4) is 22.8 Å². The van der Waals surface area contributed by atoms with Crippen LogP contribution < -0.4 is 10.1 Å². The van der Waals surface area contributed by atoms with Crippen molar-refractivity contribution in [3.63, 3.8) is 0 Å². The van der Waals surface area contributed by atoms with Gasteiger partial charge in [-0.05, 0) is 42.2 Å². The highest BCUT2D eigenvalue weighted by molar-refractivity contribution is 6.02. The summed E-state index contributed by atoms with van der Waals surface area (Å²) in [7, 11) is 0. The molecule has 0 unspecified atom stereocenters. The van der Waals surface area contributed by atoms with Crippen LogP contribution in [0.1, 0.15) is 47.2 Å². The lowest BCUT2D eigenvalue weighted by Gasteiger charge is -2.12. The Kier molecular flexibility index (Phi) is 7.33. The number of aryl methyl sites for hydroxylation is 1. The maximum Gasteiger partial charge on any atom is 0.433 e. The molecule has 0 atom stereocenters. The molecule has 1 amide bonds. The van der Waals surface area contributed by atoms with Crippen LogP contribution in [0.25, 0.3) is 17.0 Å². The largest absolute Gasteiger partial charge is 0.457 e. The van der Waals surface area contributed by atoms with Crippen molar-refractivity contribution < 1.29 is 27.6 Å². The van der Waals surface area contributed by atoms with Crippen LogP contribution in [0.2, 0.25) is 0 Å². The summed E-state index contributed by atoms with van der Waals surface area (Å²) in [4.78, 5) is 32.1. The van der Waals surface area contributed by atoms with E-state index in [1.807, 2.05) is 32.9 Å². The Balaban J connectivity index is 1.49. The van der Waals surface area contributed by atoms with E-state index in [0.29, 0.717) is 15.8 Å².